The standard InChI is InChI=1S/C21H28N2O3/c1-16(26-19-9-8-17-6-4-5-7-18(17)14-19)20(24)22-15-21(23(2)3)10-12-25-13-11-21/h4-9,14,16H,10-13,15H2,1-3H3,(H,22,24)/t16-/m1/s1. The van der Waals surface area contributed by atoms with Gasteiger partial charge < -0.3 is 19.7 Å². The molecule has 1 saturated heterocycles. The smallest absolute Gasteiger partial charge is 0.260 e. The van der Waals surface area contributed by atoms with Crippen LogP contribution in [-0.4, -0.2) is 56.3 Å². The molecule has 3 rings (SSSR count). The third kappa shape index (κ3) is 4.17. The predicted molar refractivity (Wildman–Crippen MR) is 104 cm³/mol. The van der Waals surface area contributed by atoms with Crippen LogP contribution in [0.2, 0.25) is 0 Å². The van der Waals surface area contributed by atoms with E-state index < -0.39 is 6.10 Å². The molecule has 26 heavy (non-hydrogen) atoms. The summed E-state index contributed by atoms with van der Waals surface area (Å²) in [5, 5.41) is 5.33. The first-order valence-electron chi connectivity index (χ1n) is 9.18. The number of nitrogens with one attached hydrogen (secondary N) is 1. The zero-order valence-electron chi connectivity index (χ0n) is 15.8. The Balaban J connectivity index is 1.60. The fourth-order valence-corrected chi connectivity index (χ4v) is 3.43. The SMILES string of the molecule is C[C@@H](Oc1ccc2ccccc2c1)C(=O)NCC1(N(C)C)CCOCC1. The van der Waals surface area contributed by atoms with Crippen LogP contribution in [0.25, 0.3) is 10.8 Å². The fourth-order valence-electron chi connectivity index (χ4n) is 3.43. The van der Waals surface area contributed by atoms with E-state index in [1.165, 1.54) is 0 Å². The Morgan fingerprint density at radius 1 is 1.19 bits per heavy atom. The molecule has 5 heteroatoms. The largest absolute Gasteiger partial charge is 0.481 e. The Hall–Kier alpha value is -2.11. The number of carbonyl (C=O) groups is 1. The molecule has 0 unspecified atom stereocenters. The monoisotopic (exact) mass is 356 g/mol. The van der Waals surface area contributed by atoms with Gasteiger partial charge >= 0.3 is 0 Å². The topological polar surface area (TPSA) is 50.8 Å². The number of rotatable bonds is 6. The summed E-state index contributed by atoms with van der Waals surface area (Å²) in [5.41, 5.74) is -0.0451. The van der Waals surface area contributed by atoms with E-state index in [1.54, 1.807) is 6.92 Å². The minimum Gasteiger partial charge on any atom is -0.481 e. The van der Waals surface area contributed by atoms with Crippen LogP contribution in [0.3, 0.4) is 0 Å². The van der Waals surface area contributed by atoms with Crippen LogP contribution in [0.5, 0.6) is 5.75 Å². The fraction of sp³-hybridized carbons (Fsp3) is 0.476. The number of nitrogens with zero attached hydrogens (tertiary/aromatic N) is 1. The van der Waals surface area contributed by atoms with Gasteiger partial charge in [-0.2, -0.15) is 0 Å². The van der Waals surface area contributed by atoms with Crippen LogP contribution in [0.15, 0.2) is 42.5 Å². The van der Waals surface area contributed by atoms with Gasteiger partial charge in [-0.15, -0.1) is 0 Å². The van der Waals surface area contributed by atoms with Gasteiger partial charge in [-0.1, -0.05) is 30.3 Å². The van der Waals surface area contributed by atoms with E-state index in [0.717, 1.165) is 36.8 Å². The van der Waals surface area contributed by atoms with Gasteiger partial charge in [-0.25, -0.2) is 0 Å². The Bertz CT molecular complexity index is 754. The molecule has 1 aliphatic rings. The number of fused-ring (bicyclic) bond motifs is 1. The maximum atomic E-state index is 12.5. The van der Waals surface area contributed by atoms with E-state index in [0.29, 0.717) is 12.3 Å². The van der Waals surface area contributed by atoms with Crippen molar-refractivity contribution in [3.8, 4) is 5.75 Å². The lowest BCUT2D eigenvalue weighted by molar-refractivity contribution is -0.128. The lowest BCUT2D eigenvalue weighted by atomic mass is 9.88. The molecule has 0 bridgehead atoms. The van der Waals surface area contributed by atoms with Crippen molar-refractivity contribution in [1.29, 1.82) is 0 Å². The van der Waals surface area contributed by atoms with E-state index in [-0.39, 0.29) is 11.4 Å². The normalized spacial score (nSPS) is 17.8. The van der Waals surface area contributed by atoms with E-state index in [2.05, 4.69) is 30.4 Å². The van der Waals surface area contributed by atoms with Gasteiger partial charge in [0.15, 0.2) is 6.10 Å². The summed E-state index contributed by atoms with van der Waals surface area (Å²) < 4.78 is 11.3. The molecule has 0 aliphatic carbocycles. The molecule has 1 heterocycles. The first-order chi connectivity index (χ1) is 12.5. The van der Waals surface area contributed by atoms with Crippen molar-refractivity contribution in [2.45, 2.75) is 31.4 Å². The molecule has 0 radical (unpaired) electrons. The highest BCUT2D eigenvalue weighted by atomic mass is 16.5. The molecule has 1 N–H and O–H groups in total. The molecule has 2 aromatic rings. The third-order valence-electron chi connectivity index (χ3n) is 5.37. The number of amides is 1. The Morgan fingerprint density at radius 3 is 2.58 bits per heavy atom. The Morgan fingerprint density at radius 2 is 1.88 bits per heavy atom. The van der Waals surface area contributed by atoms with Gasteiger partial charge in [0, 0.05) is 25.3 Å². The highest BCUT2D eigenvalue weighted by Crippen LogP contribution is 2.25. The van der Waals surface area contributed by atoms with Gasteiger partial charge in [0.1, 0.15) is 5.75 Å². The second-order valence-corrected chi connectivity index (χ2v) is 7.22. The molecule has 0 spiro atoms. The van der Waals surface area contributed by atoms with E-state index in [1.807, 2.05) is 36.4 Å². The van der Waals surface area contributed by atoms with Crippen molar-refractivity contribution in [1.82, 2.24) is 10.2 Å². The van der Waals surface area contributed by atoms with Crippen molar-refractivity contribution >= 4 is 16.7 Å². The molecule has 5 nitrogen and oxygen atoms in total. The minimum absolute atomic E-state index is 0.0451. The van der Waals surface area contributed by atoms with E-state index >= 15 is 0 Å². The van der Waals surface area contributed by atoms with Crippen molar-refractivity contribution in [3.63, 3.8) is 0 Å². The molecular weight excluding hydrogens is 328 g/mol. The molecule has 1 atom stereocenters. The minimum atomic E-state index is -0.546. The zero-order valence-corrected chi connectivity index (χ0v) is 15.8. The zero-order chi connectivity index (χ0) is 18.6. The van der Waals surface area contributed by atoms with Crippen LogP contribution in [0.4, 0.5) is 0 Å². The lowest BCUT2D eigenvalue weighted by Gasteiger charge is -2.43. The first-order valence-corrected chi connectivity index (χ1v) is 9.18. The lowest BCUT2D eigenvalue weighted by Crippen LogP contribution is -2.56. The van der Waals surface area contributed by atoms with Crippen molar-refractivity contribution in [2.75, 3.05) is 33.9 Å². The highest BCUT2D eigenvalue weighted by Gasteiger charge is 2.35. The summed E-state index contributed by atoms with van der Waals surface area (Å²) in [4.78, 5) is 14.7. The van der Waals surface area contributed by atoms with Crippen LogP contribution in [-0.2, 0) is 9.53 Å². The number of likely N-dealkylation sites (N-methyl/N-ethyl adjacent to an activating group) is 1. The Labute approximate surface area is 155 Å². The van der Waals surface area contributed by atoms with Gasteiger partial charge in [-0.05, 0) is 56.8 Å². The second-order valence-electron chi connectivity index (χ2n) is 7.22. The predicted octanol–water partition coefficient (Wildman–Crippen LogP) is 2.83. The summed E-state index contributed by atoms with van der Waals surface area (Å²) in [6.07, 6.45) is 1.29. The second kappa shape index (κ2) is 8.06. The van der Waals surface area contributed by atoms with Gasteiger partial charge in [-0.3, -0.25) is 4.79 Å². The average Bonchev–Trinajstić information content (AvgIpc) is 2.66. The molecule has 0 aromatic heterocycles. The molecule has 1 fully saturated rings. The van der Waals surface area contributed by atoms with E-state index in [4.69, 9.17) is 9.47 Å². The molecule has 1 amide bonds. The highest BCUT2D eigenvalue weighted by molar-refractivity contribution is 5.84. The van der Waals surface area contributed by atoms with Crippen molar-refractivity contribution in [3.05, 3.63) is 42.5 Å². The summed E-state index contributed by atoms with van der Waals surface area (Å²) in [5.74, 6) is 0.616. The quantitative estimate of drug-likeness (QED) is 0.865. The summed E-state index contributed by atoms with van der Waals surface area (Å²) in [6, 6.07) is 14.0. The number of ether oxygens (including phenoxy) is 2. The maximum Gasteiger partial charge on any atom is 0.260 e. The van der Waals surface area contributed by atoms with E-state index in [9.17, 15) is 4.79 Å². The summed E-state index contributed by atoms with van der Waals surface area (Å²) in [7, 11) is 4.12. The Kier molecular flexibility index (Phi) is 5.79. The first kappa shape index (κ1) is 18.7. The van der Waals surface area contributed by atoms with Gasteiger partial charge in [0.2, 0.25) is 0 Å². The number of hydrogen-bond donors (Lipinski definition) is 1. The molecule has 140 valence electrons. The molecule has 2 aromatic carbocycles. The van der Waals surface area contributed by atoms with Crippen molar-refractivity contribution in [2.24, 2.45) is 0 Å². The molecule has 0 saturated carbocycles. The van der Waals surface area contributed by atoms with Crippen LogP contribution in [0.1, 0.15) is 19.8 Å². The molecule has 1 aliphatic heterocycles. The maximum absolute atomic E-state index is 12.5. The number of carbonyl (C=O) groups excluding carboxylic acids is 1. The number of hydrogen-bond acceptors (Lipinski definition) is 4. The molecular formula is C21H28N2O3. The summed E-state index contributed by atoms with van der Waals surface area (Å²) in [6.45, 7) is 3.86. The van der Waals surface area contributed by atoms with Gasteiger partial charge in [0.25, 0.3) is 5.91 Å². The summed E-state index contributed by atoms with van der Waals surface area (Å²) >= 11 is 0. The third-order valence-corrected chi connectivity index (χ3v) is 5.37. The van der Waals surface area contributed by atoms with Crippen LogP contribution in [0, 0.1) is 0 Å². The number of benzene rings is 2. The van der Waals surface area contributed by atoms with Gasteiger partial charge in [0.05, 0.1) is 0 Å². The van der Waals surface area contributed by atoms with Crippen LogP contribution >= 0.6 is 0 Å². The average molecular weight is 356 g/mol. The van der Waals surface area contributed by atoms with Crippen LogP contribution < -0.4 is 10.1 Å². The van der Waals surface area contributed by atoms with Crippen molar-refractivity contribution < 1.29 is 14.3 Å².